The highest BCUT2D eigenvalue weighted by atomic mass is 127. The highest BCUT2D eigenvalue weighted by Crippen LogP contribution is 2.19. The lowest BCUT2D eigenvalue weighted by Crippen LogP contribution is -1.88. The van der Waals surface area contributed by atoms with E-state index in [1.807, 2.05) is 12.1 Å². The highest BCUT2D eigenvalue weighted by Gasteiger charge is 2.02. The van der Waals surface area contributed by atoms with Gasteiger partial charge < -0.3 is 0 Å². The number of pyridine rings is 1. The molecule has 0 amide bonds. The predicted octanol–water partition coefficient (Wildman–Crippen LogP) is 3.29. The van der Waals surface area contributed by atoms with Crippen molar-refractivity contribution in [2.24, 2.45) is 0 Å². The van der Waals surface area contributed by atoms with E-state index in [1.54, 1.807) is 13.0 Å². The van der Waals surface area contributed by atoms with Crippen LogP contribution in [0.4, 0.5) is 4.39 Å². The predicted molar refractivity (Wildman–Crippen MR) is 59.2 cm³/mol. The van der Waals surface area contributed by atoms with Crippen LogP contribution in [0.25, 0.3) is 10.9 Å². The first kappa shape index (κ1) is 8.87. The third kappa shape index (κ3) is 1.65. The summed E-state index contributed by atoms with van der Waals surface area (Å²) in [7, 11) is 0. The van der Waals surface area contributed by atoms with Crippen LogP contribution in [0.2, 0.25) is 0 Å². The van der Waals surface area contributed by atoms with Gasteiger partial charge in [-0.3, -0.25) is 4.98 Å². The summed E-state index contributed by atoms with van der Waals surface area (Å²) in [5.74, 6) is -0.194. The van der Waals surface area contributed by atoms with Gasteiger partial charge in [0.15, 0.2) is 0 Å². The molecule has 3 heteroatoms. The maximum absolute atomic E-state index is 13.4. The smallest absolute Gasteiger partial charge is 0.134 e. The summed E-state index contributed by atoms with van der Waals surface area (Å²) in [5.41, 5.74) is 1.43. The van der Waals surface area contributed by atoms with Crippen LogP contribution in [-0.4, -0.2) is 4.98 Å². The molecule has 13 heavy (non-hydrogen) atoms. The minimum Gasteiger partial charge on any atom is -0.253 e. The van der Waals surface area contributed by atoms with Gasteiger partial charge in [-0.2, -0.15) is 0 Å². The van der Waals surface area contributed by atoms with E-state index in [0.717, 1.165) is 9.09 Å². The van der Waals surface area contributed by atoms with E-state index in [1.165, 1.54) is 6.07 Å². The van der Waals surface area contributed by atoms with Crippen LogP contribution in [0.5, 0.6) is 0 Å². The summed E-state index contributed by atoms with van der Waals surface area (Å²) in [6.45, 7) is 1.79. The van der Waals surface area contributed by atoms with Crippen LogP contribution in [0.1, 0.15) is 5.69 Å². The molecule has 1 nitrogen and oxygen atoms in total. The van der Waals surface area contributed by atoms with Gasteiger partial charge in [0.25, 0.3) is 0 Å². The lowest BCUT2D eigenvalue weighted by atomic mass is 10.2. The number of hydrogen-bond donors (Lipinski definition) is 0. The third-order valence-electron chi connectivity index (χ3n) is 1.85. The topological polar surface area (TPSA) is 12.9 Å². The molecule has 1 aromatic heterocycles. The number of rotatable bonds is 0. The number of fused-ring (bicyclic) bond motifs is 1. The quantitative estimate of drug-likeness (QED) is 0.678. The first-order valence-electron chi connectivity index (χ1n) is 3.89. The van der Waals surface area contributed by atoms with Gasteiger partial charge in [0, 0.05) is 14.7 Å². The molecule has 1 heterocycles. The molecule has 0 atom stereocenters. The zero-order valence-electron chi connectivity index (χ0n) is 7.01. The normalized spacial score (nSPS) is 10.7. The molecular weight excluding hydrogens is 280 g/mol. The Balaban J connectivity index is 2.87. The van der Waals surface area contributed by atoms with Crippen molar-refractivity contribution >= 4 is 33.5 Å². The molecule has 0 saturated heterocycles. The van der Waals surface area contributed by atoms with Crippen molar-refractivity contribution in [2.45, 2.75) is 6.92 Å². The standard InChI is InChI=1S/C10H7FIN/c1-6-4-9(11)8-5-7(12)2-3-10(8)13-6/h2-5H,1H3. The molecule has 0 spiro atoms. The van der Waals surface area contributed by atoms with Gasteiger partial charge in [-0.15, -0.1) is 0 Å². The van der Waals surface area contributed by atoms with Crippen LogP contribution in [0, 0.1) is 16.3 Å². The van der Waals surface area contributed by atoms with Crippen molar-refractivity contribution in [2.75, 3.05) is 0 Å². The van der Waals surface area contributed by atoms with E-state index in [0.29, 0.717) is 11.1 Å². The highest BCUT2D eigenvalue weighted by molar-refractivity contribution is 14.1. The van der Waals surface area contributed by atoms with Crippen LogP contribution in [-0.2, 0) is 0 Å². The third-order valence-corrected chi connectivity index (χ3v) is 2.52. The van der Waals surface area contributed by atoms with Gasteiger partial charge in [-0.1, -0.05) is 0 Å². The zero-order valence-corrected chi connectivity index (χ0v) is 9.17. The number of hydrogen-bond acceptors (Lipinski definition) is 1. The Hall–Kier alpha value is -0.710. The number of benzene rings is 1. The SMILES string of the molecule is Cc1cc(F)c2cc(I)ccc2n1. The van der Waals surface area contributed by atoms with Crippen molar-refractivity contribution in [1.29, 1.82) is 0 Å². The summed E-state index contributed by atoms with van der Waals surface area (Å²) >= 11 is 2.16. The minimum absolute atomic E-state index is 0.194. The van der Waals surface area contributed by atoms with Gasteiger partial charge in [0.05, 0.1) is 5.52 Å². The molecule has 0 fully saturated rings. The Morgan fingerprint density at radius 3 is 2.85 bits per heavy atom. The van der Waals surface area contributed by atoms with E-state index < -0.39 is 0 Å². The average Bonchev–Trinajstić information content (AvgIpc) is 2.06. The molecule has 0 bridgehead atoms. The Morgan fingerprint density at radius 2 is 2.08 bits per heavy atom. The second kappa shape index (κ2) is 3.21. The lowest BCUT2D eigenvalue weighted by Gasteiger charge is -2.00. The second-order valence-corrected chi connectivity index (χ2v) is 4.15. The average molecular weight is 287 g/mol. The summed E-state index contributed by atoms with van der Waals surface area (Å²) in [6.07, 6.45) is 0. The zero-order chi connectivity index (χ0) is 9.42. The Morgan fingerprint density at radius 1 is 1.31 bits per heavy atom. The van der Waals surface area contributed by atoms with Crippen LogP contribution >= 0.6 is 22.6 Å². The van der Waals surface area contributed by atoms with Crippen LogP contribution in [0.3, 0.4) is 0 Å². The summed E-state index contributed by atoms with van der Waals surface area (Å²) in [6, 6.07) is 7.03. The fraction of sp³-hybridized carbons (Fsp3) is 0.100. The summed E-state index contributed by atoms with van der Waals surface area (Å²) < 4.78 is 14.4. The number of aryl methyl sites for hydroxylation is 1. The molecule has 2 rings (SSSR count). The maximum Gasteiger partial charge on any atom is 0.134 e. The van der Waals surface area contributed by atoms with Crippen molar-refractivity contribution < 1.29 is 4.39 Å². The van der Waals surface area contributed by atoms with Crippen molar-refractivity contribution in [3.63, 3.8) is 0 Å². The van der Waals surface area contributed by atoms with Gasteiger partial charge in [0.2, 0.25) is 0 Å². The lowest BCUT2D eigenvalue weighted by molar-refractivity contribution is 0.637. The van der Waals surface area contributed by atoms with E-state index in [9.17, 15) is 4.39 Å². The number of halogens is 2. The van der Waals surface area contributed by atoms with Gasteiger partial charge in [-0.05, 0) is 53.8 Å². The first-order valence-corrected chi connectivity index (χ1v) is 4.97. The molecule has 0 aliphatic rings. The van der Waals surface area contributed by atoms with Gasteiger partial charge in [-0.25, -0.2) is 4.39 Å². The molecule has 0 unspecified atom stereocenters. The monoisotopic (exact) mass is 287 g/mol. The van der Waals surface area contributed by atoms with Crippen molar-refractivity contribution in [3.8, 4) is 0 Å². The van der Waals surface area contributed by atoms with E-state index >= 15 is 0 Å². The van der Waals surface area contributed by atoms with E-state index in [4.69, 9.17) is 0 Å². The number of nitrogens with zero attached hydrogens (tertiary/aromatic N) is 1. The fourth-order valence-electron chi connectivity index (χ4n) is 1.28. The van der Waals surface area contributed by atoms with Crippen molar-refractivity contribution in [3.05, 3.63) is 39.3 Å². The molecule has 0 N–H and O–H groups in total. The van der Waals surface area contributed by atoms with Gasteiger partial charge in [0.1, 0.15) is 5.82 Å². The van der Waals surface area contributed by atoms with Gasteiger partial charge >= 0.3 is 0 Å². The molecular formula is C10H7FIN. The Bertz CT molecular complexity index is 468. The Kier molecular flexibility index (Phi) is 2.19. The summed E-state index contributed by atoms with van der Waals surface area (Å²) in [4.78, 5) is 4.23. The first-order chi connectivity index (χ1) is 6.16. The molecule has 0 saturated carbocycles. The minimum atomic E-state index is -0.194. The van der Waals surface area contributed by atoms with Crippen LogP contribution in [0.15, 0.2) is 24.3 Å². The van der Waals surface area contributed by atoms with E-state index in [-0.39, 0.29) is 5.82 Å². The number of aromatic nitrogens is 1. The summed E-state index contributed by atoms with van der Waals surface area (Å²) in [5, 5.41) is 0.595. The largest absolute Gasteiger partial charge is 0.253 e. The van der Waals surface area contributed by atoms with E-state index in [2.05, 4.69) is 27.6 Å². The molecule has 2 aromatic rings. The molecule has 0 aliphatic heterocycles. The molecule has 1 aromatic carbocycles. The Labute approximate surface area is 89.1 Å². The van der Waals surface area contributed by atoms with Crippen molar-refractivity contribution in [1.82, 2.24) is 4.98 Å². The maximum atomic E-state index is 13.4. The fourth-order valence-corrected chi connectivity index (χ4v) is 1.77. The second-order valence-electron chi connectivity index (χ2n) is 2.91. The molecule has 66 valence electrons. The molecule has 0 aliphatic carbocycles. The van der Waals surface area contributed by atoms with Crippen LogP contribution < -0.4 is 0 Å². The molecule has 0 radical (unpaired) electrons.